The van der Waals surface area contributed by atoms with Gasteiger partial charge in [0.25, 0.3) is 0 Å². The van der Waals surface area contributed by atoms with Gasteiger partial charge < -0.3 is 10.2 Å². The highest BCUT2D eigenvalue weighted by molar-refractivity contribution is 5.79. The van der Waals surface area contributed by atoms with E-state index in [2.05, 4.69) is 5.32 Å². The van der Waals surface area contributed by atoms with Gasteiger partial charge >= 0.3 is 6.18 Å². The van der Waals surface area contributed by atoms with Gasteiger partial charge in [-0.3, -0.25) is 4.79 Å². The number of hydrogen-bond acceptors (Lipinski definition) is 2. The maximum atomic E-state index is 12.7. The Bertz CT molecular complexity index is 516. The van der Waals surface area contributed by atoms with Crippen molar-refractivity contribution in [3.8, 4) is 0 Å². The molecule has 1 aromatic rings. The fourth-order valence-corrected chi connectivity index (χ4v) is 2.54. The number of alkyl halides is 3. The molecule has 116 valence electrons. The highest BCUT2D eigenvalue weighted by Gasteiger charge is 2.31. The summed E-state index contributed by atoms with van der Waals surface area (Å²) in [4.78, 5) is 14.0. The number of carbonyl (C=O) groups excluding carboxylic acids is 1. The van der Waals surface area contributed by atoms with Crippen LogP contribution >= 0.6 is 0 Å². The van der Waals surface area contributed by atoms with Gasteiger partial charge in [-0.05, 0) is 25.5 Å². The van der Waals surface area contributed by atoms with E-state index in [-0.39, 0.29) is 24.4 Å². The molecule has 2 rings (SSSR count). The smallest absolute Gasteiger partial charge is 0.337 e. The summed E-state index contributed by atoms with van der Waals surface area (Å²) in [6, 6.07) is 5.19. The maximum Gasteiger partial charge on any atom is 0.416 e. The summed E-state index contributed by atoms with van der Waals surface area (Å²) in [7, 11) is 0. The number of rotatable bonds is 2. The van der Waals surface area contributed by atoms with Gasteiger partial charge in [0.1, 0.15) is 0 Å². The Hall–Kier alpha value is -1.56. The van der Waals surface area contributed by atoms with Gasteiger partial charge in [-0.25, -0.2) is 0 Å². The van der Waals surface area contributed by atoms with Crippen molar-refractivity contribution in [2.75, 3.05) is 13.1 Å². The van der Waals surface area contributed by atoms with Gasteiger partial charge in [-0.15, -0.1) is 0 Å². The normalized spacial score (nSPS) is 23.2. The molecule has 1 amide bonds. The summed E-state index contributed by atoms with van der Waals surface area (Å²) in [6.07, 6.45) is -4.38. The number of halogens is 3. The minimum atomic E-state index is -4.38. The van der Waals surface area contributed by atoms with E-state index in [4.69, 9.17) is 0 Å². The number of hydrogen-bond donors (Lipinski definition) is 1. The second-order valence-corrected chi connectivity index (χ2v) is 5.45. The fraction of sp³-hybridized carbons (Fsp3) is 0.533. The molecule has 1 aliphatic rings. The Morgan fingerprint density at radius 3 is 2.76 bits per heavy atom. The molecule has 0 spiro atoms. The molecule has 1 fully saturated rings. The van der Waals surface area contributed by atoms with Crippen LogP contribution in [0.2, 0.25) is 0 Å². The second-order valence-electron chi connectivity index (χ2n) is 5.45. The largest absolute Gasteiger partial charge is 0.416 e. The van der Waals surface area contributed by atoms with Gasteiger partial charge in [0.05, 0.1) is 12.0 Å². The Morgan fingerprint density at radius 1 is 1.38 bits per heavy atom. The first kappa shape index (κ1) is 15.8. The Labute approximate surface area is 122 Å². The topological polar surface area (TPSA) is 32.3 Å². The SMILES string of the molecule is CC1NCCN(C(=O)Cc2cccc(C(F)(F)F)c2)C1C. The van der Waals surface area contributed by atoms with E-state index in [1.54, 1.807) is 11.0 Å². The van der Waals surface area contributed by atoms with Crippen molar-refractivity contribution >= 4 is 5.91 Å². The van der Waals surface area contributed by atoms with Crippen LogP contribution in [0.3, 0.4) is 0 Å². The lowest BCUT2D eigenvalue weighted by atomic mass is 10.0. The monoisotopic (exact) mass is 300 g/mol. The van der Waals surface area contributed by atoms with Crippen LogP contribution in [-0.4, -0.2) is 36.0 Å². The standard InChI is InChI=1S/C15H19F3N2O/c1-10-11(2)20(7-6-19-10)14(21)9-12-4-3-5-13(8-12)15(16,17)18/h3-5,8,10-11,19H,6-7,9H2,1-2H3. The first-order chi connectivity index (χ1) is 9.79. The predicted octanol–water partition coefficient (Wildman–Crippen LogP) is 2.46. The number of nitrogens with zero attached hydrogens (tertiary/aromatic N) is 1. The Kier molecular flexibility index (Phi) is 4.56. The number of piperazine rings is 1. The number of nitrogens with one attached hydrogen (secondary N) is 1. The summed E-state index contributed by atoms with van der Waals surface area (Å²) in [5, 5.41) is 3.27. The minimum Gasteiger partial charge on any atom is -0.337 e. The zero-order valence-electron chi connectivity index (χ0n) is 12.1. The molecule has 0 bridgehead atoms. The summed E-state index contributed by atoms with van der Waals surface area (Å²) >= 11 is 0. The molecule has 1 aromatic carbocycles. The molecule has 2 atom stereocenters. The van der Waals surface area contributed by atoms with Crippen LogP contribution in [0.15, 0.2) is 24.3 Å². The lowest BCUT2D eigenvalue weighted by Gasteiger charge is -2.38. The zero-order valence-corrected chi connectivity index (χ0v) is 12.1. The fourth-order valence-electron chi connectivity index (χ4n) is 2.54. The second kappa shape index (κ2) is 6.05. The predicted molar refractivity (Wildman–Crippen MR) is 73.8 cm³/mol. The van der Waals surface area contributed by atoms with E-state index in [1.165, 1.54) is 6.07 Å². The molecule has 0 aromatic heterocycles. The Morgan fingerprint density at radius 2 is 2.10 bits per heavy atom. The van der Waals surface area contributed by atoms with Crippen LogP contribution < -0.4 is 5.32 Å². The number of carbonyl (C=O) groups is 1. The molecule has 3 nitrogen and oxygen atoms in total. The molecule has 0 aliphatic carbocycles. The lowest BCUT2D eigenvalue weighted by molar-refractivity contribution is -0.138. The van der Waals surface area contributed by atoms with Crippen molar-refractivity contribution in [3.05, 3.63) is 35.4 Å². The van der Waals surface area contributed by atoms with Crippen LogP contribution in [0, 0.1) is 0 Å². The van der Waals surface area contributed by atoms with Crippen LogP contribution in [0.5, 0.6) is 0 Å². The Balaban J connectivity index is 2.09. The molecule has 1 N–H and O–H groups in total. The maximum absolute atomic E-state index is 12.7. The van der Waals surface area contributed by atoms with Crippen molar-refractivity contribution in [3.63, 3.8) is 0 Å². The van der Waals surface area contributed by atoms with Crippen molar-refractivity contribution in [2.45, 2.75) is 38.5 Å². The highest BCUT2D eigenvalue weighted by atomic mass is 19.4. The average molecular weight is 300 g/mol. The molecular formula is C15H19F3N2O. The molecule has 1 heterocycles. The highest BCUT2D eigenvalue weighted by Crippen LogP contribution is 2.29. The summed E-state index contributed by atoms with van der Waals surface area (Å²) in [6.45, 7) is 5.23. The average Bonchev–Trinajstić information content (AvgIpc) is 2.41. The van der Waals surface area contributed by atoms with Crippen molar-refractivity contribution in [2.24, 2.45) is 0 Å². The van der Waals surface area contributed by atoms with Gasteiger partial charge in [0.15, 0.2) is 0 Å². The molecule has 1 saturated heterocycles. The van der Waals surface area contributed by atoms with Crippen LogP contribution in [-0.2, 0) is 17.4 Å². The summed E-state index contributed by atoms with van der Waals surface area (Å²) in [5.74, 6) is -0.129. The molecule has 6 heteroatoms. The third-order valence-electron chi connectivity index (χ3n) is 3.96. The number of benzene rings is 1. The van der Waals surface area contributed by atoms with E-state index in [0.29, 0.717) is 18.7 Å². The molecule has 1 aliphatic heterocycles. The minimum absolute atomic E-state index is 0.000972. The van der Waals surface area contributed by atoms with Gasteiger partial charge in [0.2, 0.25) is 5.91 Å². The van der Waals surface area contributed by atoms with E-state index in [1.807, 2.05) is 13.8 Å². The van der Waals surface area contributed by atoms with Gasteiger partial charge in [0, 0.05) is 25.2 Å². The lowest BCUT2D eigenvalue weighted by Crippen LogP contribution is -2.57. The molecule has 2 unspecified atom stereocenters. The van der Waals surface area contributed by atoms with Crippen molar-refractivity contribution in [1.82, 2.24) is 10.2 Å². The third kappa shape index (κ3) is 3.75. The van der Waals surface area contributed by atoms with Crippen molar-refractivity contribution in [1.29, 1.82) is 0 Å². The zero-order chi connectivity index (χ0) is 15.6. The van der Waals surface area contributed by atoms with Crippen LogP contribution in [0.25, 0.3) is 0 Å². The first-order valence-electron chi connectivity index (χ1n) is 6.98. The first-order valence-corrected chi connectivity index (χ1v) is 6.98. The number of amides is 1. The van der Waals surface area contributed by atoms with Gasteiger partial charge in [-0.2, -0.15) is 13.2 Å². The van der Waals surface area contributed by atoms with E-state index in [9.17, 15) is 18.0 Å². The van der Waals surface area contributed by atoms with Crippen LogP contribution in [0.4, 0.5) is 13.2 Å². The summed E-state index contributed by atoms with van der Waals surface area (Å²) < 4.78 is 38.0. The third-order valence-corrected chi connectivity index (χ3v) is 3.96. The summed E-state index contributed by atoms with van der Waals surface area (Å²) in [5.41, 5.74) is -0.317. The molecule has 0 saturated carbocycles. The van der Waals surface area contributed by atoms with E-state index in [0.717, 1.165) is 12.1 Å². The molecule has 0 radical (unpaired) electrons. The van der Waals surface area contributed by atoms with Crippen LogP contribution in [0.1, 0.15) is 25.0 Å². The quantitative estimate of drug-likeness (QED) is 0.910. The van der Waals surface area contributed by atoms with Gasteiger partial charge in [-0.1, -0.05) is 18.2 Å². The van der Waals surface area contributed by atoms with Crippen molar-refractivity contribution < 1.29 is 18.0 Å². The van der Waals surface area contributed by atoms with E-state index >= 15 is 0 Å². The van der Waals surface area contributed by atoms with E-state index < -0.39 is 11.7 Å². The molecular weight excluding hydrogens is 281 g/mol. The molecule has 21 heavy (non-hydrogen) atoms.